The number of hydrogen-bond acceptors (Lipinski definition) is 3. The van der Waals surface area contributed by atoms with Crippen molar-refractivity contribution in [1.29, 1.82) is 0 Å². The summed E-state index contributed by atoms with van der Waals surface area (Å²) >= 11 is 3.39. The van der Waals surface area contributed by atoms with Crippen molar-refractivity contribution in [3.8, 4) is 0 Å². The third kappa shape index (κ3) is 2.87. The predicted molar refractivity (Wildman–Crippen MR) is 75.9 cm³/mol. The molecule has 0 aliphatic heterocycles. The van der Waals surface area contributed by atoms with E-state index in [1.807, 2.05) is 25.2 Å². The van der Waals surface area contributed by atoms with Gasteiger partial charge in [0.15, 0.2) is 0 Å². The molecule has 18 heavy (non-hydrogen) atoms. The lowest BCUT2D eigenvalue weighted by Gasteiger charge is -2.11. The molecule has 5 heteroatoms. The minimum absolute atomic E-state index is 0.179. The SMILES string of the molecule is CNc1cc(Br)ccc1NC(=O)c1cccnc1. The number of carbonyl (C=O) groups is 1. The second-order valence-electron chi connectivity index (χ2n) is 3.64. The van der Waals surface area contributed by atoms with E-state index in [0.717, 1.165) is 15.8 Å². The maximum Gasteiger partial charge on any atom is 0.257 e. The number of carbonyl (C=O) groups excluding carboxylic acids is 1. The topological polar surface area (TPSA) is 54.0 Å². The Bertz CT molecular complexity index is 557. The number of benzene rings is 1. The lowest BCUT2D eigenvalue weighted by Crippen LogP contribution is -2.13. The summed E-state index contributed by atoms with van der Waals surface area (Å²) < 4.78 is 0.950. The fourth-order valence-electron chi connectivity index (χ4n) is 1.52. The van der Waals surface area contributed by atoms with Crippen LogP contribution in [0.5, 0.6) is 0 Å². The Morgan fingerprint density at radius 1 is 1.28 bits per heavy atom. The highest BCUT2D eigenvalue weighted by Crippen LogP contribution is 2.25. The van der Waals surface area contributed by atoms with Gasteiger partial charge in [0.25, 0.3) is 5.91 Å². The van der Waals surface area contributed by atoms with E-state index in [2.05, 4.69) is 31.5 Å². The lowest BCUT2D eigenvalue weighted by molar-refractivity contribution is 0.102. The van der Waals surface area contributed by atoms with Crippen molar-refractivity contribution in [1.82, 2.24) is 4.98 Å². The van der Waals surface area contributed by atoms with E-state index >= 15 is 0 Å². The number of nitrogens with zero attached hydrogens (tertiary/aromatic N) is 1. The molecule has 0 saturated heterocycles. The zero-order valence-electron chi connectivity index (χ0n) is 9.77. The van der Waals surface area contributed by atoms with Crippen molar-refractivity contribution < 1.29 is 4.79 Å². The summed E-state index contributed by atoms with van der Waals surface area (Å²) in [7, 11) is 1.81. The first-order valence-electron chi connectivity index (χ1n) is 5.39. The van der Waals surface area contributed by atoms with Gasteiger partial charge in [0.05, 0.1) is 16.9 Å². The zero-order chi connectivity index (χ0) is 13.0. The zero-order valence-corrected chi connectivity index (χ0v) is 11.4. The molecule has 0 atom stereocenters. The Kier molecular flexibility index (Phi) is 3.94. The summed E-state index contributed by atoms with van der Waals surface area (Å²) in [6, 6.07) is 9.07. The van der Waals surface area contributed by atoms with E-state index in [1.165, 1.54) is 6.20 Å². The molecule has 0 unspecified atom stereocenters. The molecule has 2 aromatic rings. The maximum absolute atomic E-state index is 12.0. The van der Waals surface area contributed by atoms with Crippen LogP contribution in [0.25, 0.3) is 0 Å². The van der Waals surface area contributed by atoms with Crippen LogP contribution in [0.2, 0.25) is 0 Å². The van der Waals surface area contributed by atoms with Gasteiger partial charge in [-0.3, -0.25) is 9.78 Å². The van der Waals surface area contributed by atoms with Crippen molar-refractivity contribution in [2.45, 2.75) is 0 Å². The van der Waals surface area contributed by atoms with Crippen LogP contribution in [0.15, 0.2) is 47.2 Å². The molecule has 92 valence electrons. The average Bonchev–Trinajstić information content (AvgIpc) is 2.41. The molecular formula is C13H12BrN3O. The molecule has 2 N–H and O–H groups in total. The average molecular weight is 306 g/mol. The van der Waals surface area contributed by atoms with Gasteiger partial charge in [-0.05, 0) is 30.3 Å². The molecule has 1 amide bonds. The summed E-state index contributed by atoms with van der Waals surface area (Å²) in [6.07, 6.45) is 3.17. The van der Waals surface area contributed by atoms with E-state index < -0.39 is 0 Å². The molecule has 4 nitrogen and oxygen atoms in total. The lowest BCUT2D eigenvalue weighted by atomic mass is 10.2. The second kappa shape index (κ2) is 5.64. The van der Waals surface area contributed by atoms with Crippen LogP contribution >= 0.6 is 15.9 Å². The van der Waals surface area contributed by atoms with E-state index in [4.69, 9.17) is 0 Å². The fourth-order valence-corrected chi connectivity index (χ4v) is 1.88. The Morgan fingerprint density at radius 2 is 2.11 bits per heavy atom. The van der Waals surface area contributed by atoms with Gasteiger partial charge in [0.1, 0.15) is 0 Å². The van der Waals surface area contributed by atoms with Crippen LogP contribution in [0, 0.1) is 0 Å². The molecule has 0 radical (unpaired) electrons. The summed E-state index contributed by atoms with van der Waals surface area (Å²) in [5.74, 6) is -0.179. The first-order valence-corrected chi connectivity index (χ1v) is 6.18. The van der Waals surface area contributed by atoms with E-state index in [9.17, 15) is 4.79 Å². The van der Waals surface area contributed by atoms with Crippen LogP contribution in [0.4, 0.5) is 11.4 Å². The van der Waals surface area contributed by atoms with Crippen LogP contribution in [0.1, 0.15) is 10.4 Å². The monoisotopic (exact) mass is 305 g/mol. The van der Waals surface area contributed by atoms with Gasteiger partial charge in [-0.15, -0.1) is 0 Å². The summed E-state index contributed by atoms with van der Waals surface area (Å²) in [6.45, 7) is 0. The highest BCUT2D eigenvalue weighted by atomic mass is 79.9. The summed E-state index contributed by atoms with van der Waals surface area (Å²) in [4.78, 5) is 15.9. The van der Waals surface area contributed by atoms with Gasteiger partial charge in [-0.25, -0.2) is 0 Å². The van der Waals surface area contributed by atoms with E-state index in [-0.39, 0.29) is 5.91 Å². The fraction of sp³-hybridized carbons (Fsp3) is 0.0769. The number of hydrogen-bond donors (Lipinski definition) is 2. The highest BCUT2D eigenvalue weighted by Gasteiger charge is 2.08. The van der Waals surface area contributed by atoms with E-state index in [1.54, 1.807) is 18.3 Å². The minimum atomic E-state index is -0.179. The Morgan fingerprint density at radius 3 is 2.78 bits per heavy atom. The molecule has 1 heterocycles. The molecule has 2 rings (SSSR count). The number of aromatic nitrogens is 1. The first-order chi connectivity index (χ1) is 8.70. The van der Waals surface area contributed by atoms with Crippen molar-refractivity contribution in [2.75, 3.05) is 17.7 Å². The standard InChI is InChI=1S/C13H12BrN3O/c1-15-12-7-10(14)4-5-11(12)17-13(18)9-3-2-6-16-8-9/h2-8,15H,1H3,(H,17,18). The predicted octanol–water partition coefficient (Wildman–Crippen LogP) is 3.14. The third-order valence-corrected chi connectivity index (χ3v) is 2.92. The molecule has 1 aromatic heterocycles. The summed E-state index contributed by atoms with van der Waals surface area (Å²) in [5, 5.41) is 5.88. The molecule has 1 aromatic carbocycles. The Labute approximate surface area is 114 Å². The quantitative estimate of drug-likeness (QED) is 0.916. The van der Waals surface area contributed by atoms with Gasteiger partial charge in [0.2, 0.25) is 0 Å². The van der Waals surface area contributed by atoms with Crippen molar-refractivity contribution in [3.63, 3.8) is 0 Å². The van der Waals surface area contributed by atoms with E-state index in [0.29, 0.717) is 5.56 Å². The van der Waals surface area contributed by atoms with Crippen LogP contribution in [0.3, 0.4) is 0 Å². The summed E-state index contributed by atoms with van der Waals surface area (Å²) in [5.41, 5.74) is 2.11. The number of halogens is 1. The number of nitrogens with one attached hydrogen (secondary N) is 2. The largest absolute Gasteiger partial charge is 0.386 e. The number of anilines is 2. The van der Waals surface area contributed by atoms with Gasteiger partial charge in [-0.1, -0.05) is 15.9 Å². The maximum atomic E-state index is 12.0. The molecule has 0 spiro atoms. The van der Waals surface area contributed by atoms with Crippen molar-refractivity contribution >= 4 is 33.2 Å². The second-order valence-corrected chi connectivity index (χ2v) is 4.55. The number of rotatable bonds is 3. The van der Waals surface area contributed by atoms with Crippen molar-refractivity contribution in [3.05, 3.63) is 52.8 Å². The molecule has 0 bridgehead atoms. The smallest absolute Gasteiger partial charge is 0.257 e. The normalized spacial score (nSPS) is 9.89. The molecule has 0 aliphatic carbocycles. The highest BCUT2D eigenvalue weighted by molar-refractivity contribution is 9.10. The first kappa shape index (κ1) is 12.6. The van der Waals surface area contributed by atoms with Crippen LogP contribution in [-0.2, 0) is 0 Å². The molecule has 0 fully saturated rings. The molecule has 0 saturated carbocycles. The van der Waals surface area contributed by atoms with Crippen LogP contribution < -0.4 is 10.6 Å². The Hall–Kier alpha value is -1.88. The number of amides is 1. The van der Waals surface area contributed by atoms with Gasteiger partial charge >= 0.3 is 0 Å². The minimum Gasteiger partial charge on any atom is -0.386 e. The van der Waals surface area contributed by atoms with Crippen LogP contribution in [-0.4, -0.2) is 17.9 Å². The van der Waals surface area contributed by atoms with Gasteiger partial charge in [0, 0.05) is 23.9 Å². The number of pyridine rings is 1. The molecular weight excluding hydrogens is 294 g/mol. The third-order valence-electron chi connectivity index (χ3n) is 2.42. The van der Waals surface area contributed by atoms with Gasteiger partial charge < -0.3 is 10.6 Å². The van der Waals surface area contributed by atoms with Crippen molar-refractivity contribution in [2.24, 2.45) is 0 Å². The Balaban J connectivity index is 2.22. The van der Waals surface area contributed by atoms with Gasteiger partial charge in [-0.2, -0.15) is 0 Å². The molecule has 0 aliphatic rings.